The van der Waals surface area contributed by atoms with Gasteiger partial charge in [-0.1, -0.05) is 46.9 Å². The normalized spacial score (nSPS) is 13.3. The van der Waals surface area contributed by atoms with Crippen LogP contribution in [-0.2, 0) is 4.79 Å². The third-order valence-corrected chi connectivity index (χ3v) is 2.42. The van der Waals surface area contributed by atoms with Crippen LogP contribution in [0.3, 0.4) is 0 Å². The molecule has 0 saturated heterocycles. The average Bonchev–Trinajstić information content (AvgIpc) is 2.17. The van der Waals surface area contributed by atoms with E-state index in [4.69, 9.17) is 34.8 Å². The highest BCUT2D eigenvalue weighted by Crippen LogP contribution is 2.27. The molecule has 0 heterocycles. The Hall–Kier alpha value is -0.480. The maximum absolute atomic E-state index is 11.3. The Labute approximate surface area is 108 Å². The van der Waals surface area contributed by atoms with Gasteiger partial charge in [0.05, 0.1) is 6.10 Å². The van der Waals surface area contributed by atoms with Gasteiger partial charge in [-0.25, -0.2) is 0 Å². The number of benzene rings is 1. The van der Waals surface area contributed by atoms with Crippen molar-refractivity contribution in [3.63, 3.8) is 0 Å². The fraction of sp³-hybridized carbons (Fsp3) is 0.300. The van der Waals surface area contributed by atoms with Crippen LogP contribution in [0, 0.1) is 0 Å². The lowest BCUT2D eigenvalue weighted by atomic mass is 10.1. The Balaban J connectivity index is 2.73. The topological polar surface area (TPSA) is 49.3 Å². The minimum absolute atomic E-state index is 0.501. The maximum Gasteiger partial charge on any atom is 0.276 e. The summed E-state index contributed by atoms with van der Waals surface area (Å²) in [4.78, 5) is 11.3. The second-order valence-electron chi connectivity index (χ2n) is 3.25. The second-order valence-corrected chi connectivity index (χ2v) is 5.53. The van der Waals surface area contributed by atoms with Crippen LogP contribution in [0.1, 0.15) is 18.6 Å². The van der Waals surface area contributed by atoms with Crippen molar-refractivity contribution in [3.05, 3.63) is 29.8 Å². The van der Waals surface area contributed by atoms with Gasteiger partial charge >= 0.3 is 0 Å². The van der Waals surface area contributed by atoms with Gasteiger partial charge in [0.25, 0.3) is 9.70 Å². The molecule has 6 heteroatoms. The Morgan fingerprint density at radius 3 is 2.19 bits per heavy atom. The first kappa shape index (κ1) is 13.6. The van der Waals surface area contributed by atoms with E-state index < -0.39 is 15.8 Å². The van der Waals surface area contributed by atoms with Crippen molar-refractivity contribution in [2.75, 3.05) is 5.32 Å². The lowest BCUT2D eigenvalue weighted by Gasteiger charge is -2.12. The molecule has 0 spiro atoms. The summed E-state index contributed by atoms with van der Waals surface area (Å²) in [6, 6.07) is 6.60. The summed E-state index contributed by atoms with van der Waals surface area (Å²) >= 11 is 16.2. The number of halogens is 3. The van der Waals surface area contributed by atoms with E-state index >= 15 is 0 Å². The first-order chi connectivity index (χ1) is 7.30. The first-order valence-corrected chi connectivity index (χ1v) is 5.60. The zero-order valence-corrected chi connectivity index (χ0v) is 10.6. The Morgan fingerprint density at radius 1 is 1.31 bits per heavy atom. The summed E-state index contributed by atoms with van der Waals surface area (Å²) in [5, 5.41) is 11.7. The van der Waals surface area contributed by atoms with E-state index in [-0.39, 0.29) is 0 Å². The number of hydrogen-bond donors (Lipinski definition) is 2. The summed E-state index contributed by atoms with van der Waals surface area (Å²) in [5.74, 6) is -0.720. The van der Waals surface area contributed by atoms with E-state index in [1.807, 2.05) is 0 Å². The Kier molecular flexibility index (Phi) is 4.44. The zero-order chi connectivity index (χ0) is 12.3. The second kappa shape index (κ2) is 5.23. The molecule has 0 aliphatic heterocycles. The standard InChI is InChI=1S/C10H10Cl3NO2/c1-6(15)7-2-4-8(5-3-7)14-9(16)10(11,12)13/h2-6,15H,1H3,(H,14,16). The molecular formula is C10H10Cl3NO2. The number of nitrogens with one attached hydrogen (secondary N) is 1. The van der Waals surface area contributed by atoms with Crippen LogP contribution >= 0.6 is 34.8 Å². The summed E-state index contributed by atoms with van der Waals surface area (Å²) in [6.07, 6.45) is -0.557. The number of carbonyl (C=O) groups excluding carboxylic acids is 1. The summed E-state index contributed by atoms with van der Waals surface area (Å²) in [7, 11) is 0. The molecular weight excluding hydrogens is 272 g/mol. The maximum atomic E-state index is 11.3. The number of anilines is 1. The fourth-order valence-electron chi connectivity index (χ4n) is 1.05. The van der Waals surface area contributed by atoms with E-state index in [9.17, 15) is 9.90 Å². The molecule has 0 aromatic heterocycles. The number of rotatable bonds is 2. The van der Waals surface area contributed by atoms with Gasteiger partial charge in [0.15, 0.2) is 0 Å². The molecule has 0 radical (unpaired) electrons. The van der Waals surface area contributed by atoms with Crippen molar-refractivity contribution in [1.82, 2.24) is 0 Å². The van der Waals surface area contributed by atoms with Crippen LogP contribution in [0.5, 0.6) is 0 Å². The molecule has 88 valence electrons. The van der Waals surface area contributed by atoms with Crippen LogP contribution in [0.2, 0.25) is 0 Å². The number of amides is 1. The highest BCUT2D eigenvalue weighted by Gasteiger charge is 2.30. The van der Waals surface area contributed by atoms with Gasteiger partial charge in [0.2, 0.25) is 0 Å². The van der Waals surface area contributed by atoms with Gasteiger partial charge in [-0.2, -0.15) is 0 Å². The fourth-order valence-corrected chi connectivity index (χ4v) is 1.19. The molecule has 0 aliphatic rings. The molecule has 16 heavy (non-hydrogen) atoms. The van der Waals surface area contributed by atoms with Gasteiger partial charge in [-0.15, -0.1) is 0 Å². The number of carbonyl (C=O) groups is 1. The van der Waals surface area contributed by atoms with E-state index in [0.717, 1.165) is 5.56 Å². The molecule has 0 saturated carbocycles. The lowest BCUT2D eigenvalue weighted by molar-refractivity contribution is -0.115. The van der Waals surface area contributed by atoms with Crippen LogP contribution in [0.15, 0.2) is 24.3 Å². The minimum Gasteiger partial charge on any atom is -0.389 e. The quantitative estimate of drug-likeness (QED) is 0.819. The highest BCUT2D eigenvalue weighted by molar-refractivity contribution is 6.76. The van der Waals surface area contributed by atoms with Crippen molar-refractivity contribution < 1.29 is 9.90 Å². The lowest BCUT2D eigenvalue weighted by Crippen LogP contribution is -2.26. The molecule has 0 bridgehead atoms. The van der Waals surface area contributed by atoms with E-state index in [2.05, 4.69) is 5.32 Å². The highest BCUT2D eigenvalue weighted by atomic mass is 35.6. The number of aliphatic hydroxyl groups is 1. The summed E-state index contributed by atoms with van der Waals surface area (Å²) < 4.78 is -1.98. The predicted molar refractivity (Wildman–Crippen MR) is 66.0 cm³/mol. The Bertz CT molecular complexity index is 371. The van der Waals surface area contributed by atoms with Crippen molar-refractivity contribution in [1.29, 1.82) is 0 Å². The molecule has 0 fully saturated rings. The molecule has 1 amide bonds. The van der Waals surface area contributed by atoms with Gasteiger partial charge in [-0.3, -0.25) is 4.79 Å². The Morgan fingerprint density at radius 2 is 1.81 bits per heavy atom. The van der Waals surface area contributed by atoms with Crippen molar-refractivity contribution in [2.45, 2.75) is 16.8 Å². The van der Waals surface area contributed by atoms with E-state index in [0.29, 0.717) is 5.69 Å². The monoisotopic (exact) mass is 281 g/mol. The smallest absolute Gasteiger partial charge is 0.276 e. The largest absolute Gasteiger partial charge is 0.389 e. The van der Waals surface area contributed by atoms with Crippen molar-refractivity contribution in [3.8, 4) is 0 Å². The molecule has 1 unspecified atom stereocenters. The summed E-state index contributed by atoms with van der Waals surface area (Å²) in [5.41, 5.74) is 1.24. The molecule has 1 aromatic carbocycles. The third-order valence-electron chi connectivity index (χ3n) is 1.91. The summed E-state index contributed by atoms with van der Waals surface area (Å²) in [6.45, 7) is 1.65. The van der Waals surface area contributed by atoms with Gasteiger partial charge in [0.1, 0.15) is 0 Å². The van der Waals surface area contributed by atoms with Gasteiger partial charge < -0.3 is 10.4 Å². The van der Waals surface area contributed by atoms with Gasteiger partial charge in [-0.05, 0) is 24.6 Å². The zero-order valence-electron chi connectivity index (χ0n) is 8.38. The van der Waals surface area contributed by atoms with Crippen molar-refractivity contribution >= 4 is 46.4 Å². The average molecular weight is 283 g/mol. The number of hydrogen-bond acceptors (Lipinski definition) is 2. The van der Waals surface area contributed by atoms with Crippen LogP contribution < -0.4 is 5.32 Å². The van der Waals surface area contributed by atoms with Crippen LogP contribution in [-0.4, -0.2) is 14.8 Å². The molecule has 1 rings (SSSR count). The molecule has 0 aliphatic carbocycles. The predicted octanol–water partition coefficient (Wildman–Crippen LogP) is 3.05. The molecule has 1 atom stereocenters. The first-order valence-electron chi connectivity index (χ1n) is 4.47. The van der Waals surface area contributed by atoms with E-state index in [1.54, 1.807) is 31.2 Å². The molecule has 1 aromatic rings. The van der Waals surface area contributed by atoms with Crippen LogP contribution in [0.4, 0.5) is 5.69 Å². The van der Waals surface area contributed by atoms with Gasteiger partial charge in [0, 0.05) is 5.69 Å². The SMILES string of the molecule is CC(O)c1ccc(NC(=O)C(Cl)(Cl)Cl)cc1. The number of aliphatic hydroxyl groups excluding tert-OH is 1. The molecule has 3 nitrogen and oxygen atoms in total. The van der Waals surface area contributed by atoms with Crippen molar-refractivity contribution in [2.24, 2.45) is 0 Å². The third kappa shape index (κ3) is 3.83. The van der Waals surface area contributed by atoms with E-state index in [1.165, 1.54) is 0 Å². The number of alkyl halides is 3. The molecule has 2 N–H and O–H groups in total. The van der Waals surface area contributed by atoms with Crippen LogP contribution in [0.25, 0.3) is 0 Å². The minimum atomic E-state index is -1.98.